The summed E-state index contributed by atoms with van der Waals surface area (Å²) in [6.07, 6.45) is 4.73. The maximum atomic E-state index is 10.1. The fraction of sp³-hybridized carbons (Fsp3) is 0.636. The van der Waals surface area contributed by atoms with Crippen molar-refractivity contribution in [2.45, 2.75) is 32.3 Å². The van der Waals surface area contributed by atoms with Crippen molar-refractivity contribution in [3.63, 3.8) is 0 Å². The molecule has 0 saturated carbocycles. The largest absolute Gasteiger partial charge is 0.388 e. The van der Waals surface area contributed by atoms with Gasteiger partial charge in [0.15, 0.2) is 0 Å². The molecule has 90 valence electrons. The molecule has 1 aromatic rings. The molecule has 16 heavy (non-hydrogen) atoms. The predicted octanol–water partition coefficient (Wildman–Crippen LogP) is 1.48. The molecule has 0 radical (unpaired) electrons. The Labute approximate surface area is 96.3 Å². The Morgan fingerprint density at radius 1 is 1.25 bits per heavy atom. The van der Waals surface area contributed by atoms with Gasteiger partial charge in [0, 0.05) is 13.6 Å². The maximum absolute atomic E-state index is 10.1. The molecular formula is C11H20N4O. The second-order valence-electron chi connectivity index (χ2n) is 3.82. The molecule has 0 spiro atoms. The van der Waals surface area contributed by atoms with Gasteiger partial charge in [-0.1, -0.05) is 13.8 Å². The molecule has 5 nitrogen and oxygen atoms in total. The number of hydrogen-bond acceptors (Lipinski definition) is 5. The number of rotatable bonds is 6. The first-order valence-electron chi connectivity index (χ1n) is 5.59. The van der Waals surface area contributed by atoms with E-state index in [1.54, 1.807) is 19.4 Å². The molecular weight excluding hydrogens is 204 g/mol. The highest BCUT2D eigenvalue weighted by molar-refractivity contribution is 5.41. The Balaban J connectivity index is 2.60. The zero-order valence-corrected chi connectivity index (χ0v) is 10.1. The predicted molar refractivity (Wildman–Crippen MR) is 65.6 cm³/mol. The Bertz CT molecular complexity index is 326. The van der Waals surface area contributed by atoms with Gasteiger partial charge >= 0.3 is 0 Å². The van der Waals surface area contributed by atoms with Crippen LogP contribution in [0.2, 0.25) is 0 Å². The van der Waals surface area contributed by atoms with Crippen molar-refractivity contribution in [1.82, 2.24) is 9.97 Å². The molecule has 1 heterocycles. The van der Waals surface area contributed by atoms with E-state index in [2.05, 4.69) is 20.6 Å². The Kier molecular flexibility index (Phi) is 4.49. The monoisotopic (exact) mass is 224 g/mol. The number of aromatic nitrogens is 2. The standard InChI is InChI=1S/C11H20N4O/c1-4-11(16,5-2)8-14-10-7-13-6-9(12-3)15-10/h6-7,16H,4-5,8H2,1-3H3,(H2,12,14,15). The SMILES string of the molecule is CCC(O)(CC)CNc1cncc(NC)n1. The number of aliphatic hydroxyl groups is 1. The highest BCUT2D eigenvalue weighted by Crippen LogP contribution is 2.15. The molecule has 0 aromatic carbocycles. The first-order chi connectivity index (χ1) is 7.63. The van der Waals surface area contributed by atoms with Crippen molar-refractivity contribution in [2.24, 2.45) is 0 Å². The van der Waals surface area contributed by atoms with E-state index in [1.165, 1.54) is 0 Å². The van der Waals surface area contributed by atoms with Crippen molar-refractivity contribution < 1.29 is 5.11 Å². The summed E-state index contributed by atoms with van der Waals surface area (Å²) in [5.41, 5.74) is -0.669. The smallest absolute Gasteiger partial charge is 0.147 e. The van der Waals surface area contributed by atoms with E-state index in [0.717, 1.165) is 12.8 Å². The Morgan fingerprint density at radius 2 is 1.88 bits per heavy atom. The molecule has 0 aliphatic carbocycles. The molecule has 5 heteroatoms. The van der Waals surface area contributed by atoms with Crippen LogP contribution in [0.1, 0.15) is 26.7 Å². The molecule has 0 bridgehead atoms. The van der Waals surface area contributed by atoms with Gasteiger partial charge in [-0.3, -0.25) is 4.98 Å². The summed E-state index contributed by atoms with van der Waals surface area (Å²) in [7, 11) is 1.79. The minimum atomic E-state index is -0.669. The first kappa shape index (κ1) is 12.7. The van der Waals surface area contributed by atoms with Crippen LogP contribution in [0.25, 0.3) is 0 Å². The van der Waals surface area contributed by atoms with E-state index >= 15 is 0 Å². The lowest BCUT2D eigenvalue weighted by Crippen LogP contribution is -2.35. The third kappa shape index (κ3) is 3.34. The van der Waals surface area contributed by atoms with Crippen molar-refractivity contribution in [3.8, 4) is 0 Å². The van der Waals surface area contributed by atoms with Gasteiger partial charge in [0.2, 0.25) is 0 Å². The Hall–Kier alpha value is -1.36. The molecule has 0 saturated heterocycles. The summed E-state index contributed by atoms with van der Waals surface area (Å²) < 4.78 is 0. The third-order valence-electron chi connectivity index (χ3n) is 2.81. The van der Waals surface area contributed by atoms with Crippen molar-refractivity contribution in [2.75, 3.05) is 24.2 Å². The van der Waals surface area contributed by atoms with Crippen LogP contribution in [0.4, 0.5) is 11.6 Å². The van der Waals surface area contributed by atoms with E-state index < -0.39 is 5.60 Å². The van der Waals surface area contributed by atoms with Crippen molar-refractivity contribution >= 4 is 11.6 Å². The van der Waals surface area contributed by atoms with Crippen LogP contribution in [-0.2, 0) is 0 Å². The fourth-order valence-electron chi connectivity index (χ4n) is 1.33. The third-order valence-corrected chi connectivity index (χ3v) is 2.81. The van der Waals surface area contributed by atoms with Crippen molar-refractivity contribution in [1.29, 1.82) is 0 Å². The van der Waals surface area contributed by atoms with Crippen LogP contribution in [0.15, 0.2) is 12.4 Å². The van der Waals surface area contributed by atoms with Gasteiger partial charge in [-0.05, 0) is 12.8 Å². The van der Waals surface area contributed by atoms with E-state index in [0.29, 0.717) is 18.2 Å². The highest BCUT2D eigenvalue weighted by Gasteiger charge is 2.21. The minimum Gasteiger partial charge on any atom is -0.388 e. The van der Waals surface area contributed by atoms with Crippen LogP contribution < -0.4 is 10.6 Å². The summed E-state index contributed by atoms with van der Waals surface area (Å²) in [5, 5.41) is 16.1. The van der Waals surface area contributed by atoms with Gasteiger partial charge in [-0.15, -0.1) is 0 Å². The second-order valence-corrected chi connectivity index (χ2v) is 3.82. The molecule has 0 amide bonds. The van der Waals surface area contributed by atoms with Gasteiger partial charge in [0.25, 0.3) is 0 Å². The number of nitrogens with one attached hydrogen (secondary N) is 2. The van der Waals surface area contributed by atoms with Crippen LogP contribution in [0.5, 0.6) is 0 Å². The lowest BCUT2D eigenvalue weighted by atomic mass is 9.98. The zero-order chi connectivity index (χ0) is 12.0. The molecule has 0 fully saturated rings. The van der Waals surface area contributed by atoms with Crippen LogP contribution in [0.3, 0.4) is 0 Å². The quantitative estimate of drug-likeness (QED) is 0.683. The van der Waals surface area contributed by atoms with Gasteiger partial charge in [0.05, 0.1) is 18.0 Å². The molecule has 0 aliphatic heterocycles. The first-order valence-corrected chi connectivity index (χ1v) is 5.59. The van der Waals surface area contributed by atoms with E-state index in [1.807, 2.05) is 13.8 Å². The molecule has 0 atom stereocenters. The normalized spacial score (nSPS) is 11.2. The molecule has 1 aromatic heterocycles. The van der Waals surface area contributed by atoms with Crippen LogP contribution in [0, 0.1) is 0 Å². The van der Waals surface area contributed by atoms with Gasteiger partial charge in [-0.25, -0.2) is 4.98 Å². The average molecular weight is 224 g/mol. The molecule has 0 aliphatic rings. The topological polar surface area (TPSA) is 70.1 Å². The summed E-state index contributed by atoms with van der Waals surface area (Å²) in [6, 6.07) is 0. The summed E-state index contributed by atoms with van der Waals surface area (Å²) in [4.78, 5) is 8.31. The second kappa shape index (κ2) is 5.65. The minimum absolute atomic E-state index is 0.488. The summed E-state index contributed by atoms with van der Waals surface area (Å²) in [6.45, 7) is 4.43. The lowest BCUT2D eigenvalue weighted by molar-refractivity contribution is 0.0456. The fourth-order valence-corrected chi connectivity index (χ4v) is 1.33. The van der Waals surface area contributed by atoms with Crippen LogP contribution >= 0.6 is 0 Å². The summed E-state index contributed by atoms with van der Waals surface area (Å²) >= 11 is 0. The zero-order valence-electron chi connectivity index (χ0n) is 10.1. The number of anilines is 2. The highest BCUT2D eigenvalue weighted by atomic mass is 16.3. The maximum Gasteiger partial charge on any atom is 0.147 e. The molecule has 3 N–H and O–H groups in total. The van der Waals surface area contributed by atoms with Gasteiger partial charge < -0.3 is 15.7 Å². The van der Waals surface area contributed by atoms with E-state index in [4.69, 9.17) is 0 Å². The average Bonchev–Trinajstić information content (AvgIpc) is 2.36. The van der Waals surface area contributed by atoms with Crippen molar-refractivity contribution in [3.05, 3.63) is 12.4 Å². The lowest BCUT2D eigenvalue weighted by Gasteiger charge is -2.25. The summed E-state index contributed by atoms with van der Waals surface area (Å²) in [5.74, 6) is 1.38. The van der Waals surface area contributed by atoms with E-state index in [9.17, 15) is 5.11 Å². The molecule has 1 rings (SSSR count). The Morgan fingerprint density at radius 3 is 2.44 bits per heavy atom. The molecule has 0 unspecified atom stereocenters. The van der Waals surface area contributed by atoms with Crippen LogP contribution in [-0.4, -0.2) is 34.3 Å². The number of nitrogens with zero attached hydrogens (tertiary/aromatic N) is 2. The van der Waals surface area contributed by atoms with Gasteiger partial charge in [-0.2, -0.15) is 0 Å². The van der Waals surface area contributed by atoms with E-state index in [-0.39, 0.29) is 0 Å². The van der Waals surface area contributed by atoms with Gasteiger partial charge in [0.1, 0.15) is 11.6 Å². The number of hydrogen-bond donors (Lipinski definition) is 3.